The van der Waals surface area contributed by atoms with E-state index in [4.69, 9.17) is 0 Å². The van der Waals surface area contributed by atoms with Gasteiger partial charge in [0.2, 0.25) is 5.91 Å². The Bertz CT molecular complexity index is 281. The van der Waals surface area contributed by atoms with Gasteiger partial charge in [-0.05, 0) is 51.2 Å². The van der Waals surface area contributed by atoms with Crippen LogP contribution in [-0.2, 0) is 4.79 Å². The lowest BCUT2D eigenvalue weighted by Crippen LogP contribution is -2.46. The third-order valence-corrected chi connectivity index (χ3v) is 4.48. The zero-order chi connectivity index (χ0) is 13.7. The molecule has 0 radical (unpaired) electrons. The number of hydrogen-bond acceptors (Lipinski definition) is 3. The van der Waals surface area contributed by atoms with Gasteiger partial charge < -0.3 is 10.6 Å². The summed E-state index contributed by atoms with van der Waals surface area (Å²) in [5.74, 6) is 0.812. The molecule has 2 atom stereocenters. The Morgan fingerprint density at radius 3 is 2.63 bits per heavy atom. The van der Waals surface area contributed by atoms with E-state index < -0.39 is 0 Å². The number of amides is 1. The highest BCUT2D eigenvalue weighted by Crippen LogP contribution is 2.17. The van der Waals surface area contributed by atoms with Crippen LogP contribution in [0.5, 0.6) is 0 Å². The maximum Gasteiger partial charge on any atom is 0.221 e. The smallest absolute Gasteiger partial charge is 0.221 e. The molecule has 2 unspecified atom stereocenters. The van der Waals surface area contributed by atoms with Gasteiger partial charge in [-0.25, -0.2) is 0 Å². The van der Waals surface area contributed by atoms with Gasteiger partial charge >= 0.3 is 0 Å². The highest BCUT2D eigenvalue weighted by atomic mass is 16.1. The van der Waals surface area contributed by atoms with Crippen molar-refractivity contribution in [2.75, 3.05) is 26.2 Å². The molecule has 2 fully saturated rings. The summed E-state index contributed by atoms with van der Waals surface area (Å²) in [6.07, 6.45) is 5.62. The van der Waals surface area contributed by atoms with Crippen molar-refractivity contribution in [3.63, 3.8) is 0 Å². The van der Waals surface area contributed by atoms with Crippen LogP contribution in [0.15, 0.2) is 0 Å². The summed E-state index contributed by atoms with van der Waals surface area (Å²) in [7, 11) is 0. The van der Waals surface area contributed by atoms with Crippen molar-refractivity contribution in [3.8, 4) is 0 Å². The number of carbonyl (C=O) groups excluding carboxylic acids is 1. The minimum absolute atomic E-state index is 0.212. The summed E-state index contributed by atoms with van der Waals surface area (Å²) < 4.78 is 0. The van der Waals surface area contributed by atoms with E-state index in [1.54, 1.807) is 0 Å². The van der Waals surface area contributed by atoms with Crippen LogP contribution in [0.25, 0.3) is 0 Å². The van der Waals surface area contributed by atoms with Crippen molar-refractivity contribution in [1.82, 2.24) is 15.5 Å². The van der Waals surface area contributed by atoms with Gasteiger partial charge in [0.25, 0.3) is 0 Å². The third kappa shape index (κ3) is 4.46. The van der Waals surface area contributed by atoms with Gasteiger partial charge in [0.1, 0.15) is 0 Å². The summed E-state index contributed by atoms with van der Waals surface area (Å²) in [6.45, 7) is 8.79. The SMILES string of the molecule is CC(C)C(CNC(=O)CC1CCCN1)N1CCCC1. The topological polar surface area (TPSA) is 44.4 Å². The van der Waals surface area contributed by atoms with Gasteiger partial charge in [0.15, 0.2) is 0 Å². The molecule has 4 nitrogen and oxygen atoms in total. The molecule has 0 aromatic carbocycles. The predicted molar refractivity (Wildman–Crippen MR) is 78.1 cm³/mol. The average molecular weight is 267 g/mol. The maximum absolute atomic E-state index is 12.0. The molecule has 2 aliphatic rings. The van der Waals surface area contributed by atoms with Crippen molar-refractivity contribution in [3.05, 3.63) is 0 Å². The summed E-state index contributed by atoms with van der Waals surface area (Å²) in [5, 5.41) is 6.53. The predicted octanol–water partition coefficient (Wildman–Crippen LogP) is 1.37. The molecule has 19 heavy (non-hydrogen) atoms. The van der Waals surface area contributed by atoms with E-state index in [9.17, 15) is 4.79 Å². The number of rotatable bonds is 6. The van der Waals surface area contributed by atoms with Crippen LogP contribution in [-0.4, -0.2) is 49.1 Å². The van der Waals surface area contributed by atoms with E-state index in [0.29, 0.717) is 24.4 Å². The molecule has 110 valence electrons. The Morgan fingerprint density at radius 2 is 2.05 bits per heavy atom. The van der Waals surface area contributed by atoms with E-state index in [2.05, 4.69) is 29.4 Å². The summed E-state index contributed by atoms with van der Waals surface area (Å²) in [5.41, 5.74) is 0. The second-order valence-corrected chi connectivity index (χ2v) is 6.36. The molecule has 2 rings (SSSR count). The van der Waals surface area contributed by atoms with Gasteiger partial charge in [-0.2, -0.15) is 0 Å². The van der Waals surface area contributed by atoms with Crippen LogP contribution in [0.1, 0.15) is 46.0 Å². The first kappa shape index (κ1) is 14.8. The molecule has 0 aromatic rings. The zero-order valence-corrected chi connectivity index (χ0v) is 12.5. The lowest BCUT2D eigenvalue weighted by atomic mass is 10.0. The molecule has 0 spiro atoms. The summed E-state index contributed by atoms with van der Waals surface area (Å²) in [4.78, 5) is 14.5. The molecule has 0 saturated carbocycles. The van der Waals surface area contributed by atoms with Crippen molar-refractivity contribution in [1.29, 1.82) is 0 Å². The second kappa shape index (κ2) is 7.25. The van der Waals surface area contributed by atoms with Gasteiger partial charge in [0, 0.05) is 25.0 Å². The van der Waals surface area contributed by atoms with Crippen molar-refractivity contribution >= 4 is 5.91 Å². The Labute approximate surface area is 117 Å². The molecule has 0 bridgehead atoms. The molecule has 4 heteroatoms. The zero-order valence-electron chi connectivity index (χ0n) is 12.5. The van der Waals surface area contributed by atoms with Crippen molar-refractivity contribution in [2.24, 2.45) is 5.92 Å². The number of likely N-dealkylation sites (tertiary alicyclic amines) is 1. The first-order valence-corrected chi connectivity index (χ1v) is 7.91. The molecule has 2 saturated heterocycles. The Morgan fingerprint density at radius 1 is 1.32 bits per heavy atom. The van der Waals surface area contributed by atoms with E-state index in [1.165, 1.54) is 32.4 Å². The summed E-state index contributed by atoms with van der Waals surface area (Å²) in [6, 6.07) is 0.910. The number of nitrogens with one attached hydrogen (secondary N) is 2. The normalized spacial score (nSPS) is 25.9. The minimum Gasteiger partial charge on any atom is -0.354 e. The fraction of sp³-hybridized carbons (Fsp3) is 0.933. The van der Waals surface area contributed by atoms with Gasteiger partial charge in [-0.1, -0.05) is 13.8 Å². The molecular weight excluding hydrogens is 238 g/mol. The molecule has 1 amide bonds. The van der Waals surface area contributed by atoms with Crippen LogP contribution in [0, 0.1) is 5.92 Å². The molecule has 0 aromatic heterocycles. The van der Waals surface area contributed by atoms with Gasteiger partial charge in [-0.15, -0.1) is 0 Å². The lowest BCUT2D eigenvalue weighted by Gasteiger charge is -2.31. The Kier molecular flexibility index (Phi) is 5.64. The Hall–Kier alpha value is -0.610. The number of nitrogens with zero attached hydrogens (tertiary/aromatic N) is 1. The largest absolute Gasteiger partial charge is 0.354 e. The number of hydrogen-bond donors (Lipinski definition) is 2. The third-order valence-electron chi connectivity index (χ3n) is 4.48. The van der Waals surface area contributed by atoms with Crippen LogP contribution in [0.2, 0.25) is 0 Å². The Balaban J connectivity index is 1.72. The fourth-order valence-corrected chi connectivity index (χ4v) is 3.30. The van der Waals surface area contributed by atoms with Crippen LogP contribution in [0.4, 0.5) is 0 Å². The monoisotopic (exact) mass is 267 g/mol. The quantitative estimate of drug-likeness (QED) is 0.764. The number of carbonyl (C=O) groups is 1. The first-order chi connectivity index (χ1) is 9.16. The van der Waals surface area contributed by atoms with Crippen molar-refractivity contribution < 1.29 is 4.79 Å². The molecule has 2 N–H and O–H groups in total. The van der Waals surface area contributed by atoms with E-state index in [-0.39, 0.29) is 5.91 Å². The standard InChI is InChI=1S/C15H29N3O/c1-12(2)14(18-8-3-4-9-18)11-17-15(19)10-13-6-5-7-16-13/h12-14,16H,3-11H2,1-2H3,(H,17,19). The van der Waals surface area contributed by atoms with Crippen molar-refractivity contribution in [2.45, 2.75) is 58.0 Å². The molecule has 2 heterocycles. The molecular formula is C15H29N3O. The lowest BCUT2D eigenvalue weighted by molar-refractivity contribution is -0.121. The van der Waals surface area contributed by atoms with E-state index in [0.717, 1.165) is 19.5 Å². The first-order valence-electron chi connectivity index (χ1n) is 7.91. The highest BCUT2D eigenvalue weighted by Gasteiger charge is 2.25. The minimum atomic E-state index is 0.212. The van der Waals surface area contributed by atoms with Gasteiger partial charge in [-0.3, -0.25) is 9.69 Å². The van der Waals surface area contributed by atoms with Crippen LogP contribution >= 0.6 is 0 Å². The second-order valence-electron chi connectivity index (χ2n) is 6.36. The fourth-order valence-electron chi connectivity index (χ4n) is 3.30. The highest BCUT2D eigenvalue weighted by molar-refractivity contribution is 5.76. The van der Waals surface area contributed by atoms with Crippen LogP contribution < -0.4 is 10.6 Å². The maximum atomic E-state index is 12.0. The van der Waals surface area contributed by atoms with Gasteiger partial charge in [0.05, 0.1) is 0 Å². The summed E-state index contributed by atoms with van der Waals surface area (Å²) >= 11 is 0. The van der Waals surface area contributed by atoms with E-state index in [1.807, 2.05) is 0 Å². The van der Waals surface area contributed by atoms with E-state index >= 15 is 0 Å². The van der Waals surface area contributed by atoms with Crippen LogP contribution in [0.3, 0.4) is 0 Å². The average Bonchev–Trinajstić information content (AvgIpc) is 3.01. The molecule has 2 aliphatic heterocycles. The molecule has 0 aliphatic carbocycles.